The van der Waals surface area contributed by atoms with Crippen LogP contribution in [-0.4, -0.2) is 62.3 Å². The molecular formula is C16H19ClN2O5S. The number of carbonyl (C=O) groups excluding carboxylic acids is 2. The topological polar surface area (TPSA) is 84.0 Å². The van der Waals surface area contributed by atoms with E-state index in [0.717, 1.165) is 0 Å². The fourth-order valence-corrected chi connectivity index (χ4v) is 3.86. The monoisotopic (exact) mass is 386 g/mol. The molecule has 1 aliphatic rings. The lowest BCUT2D eigenvalue weighted by Gasteiger charge is -2.33. The van der Waals surface area contributed by atoms with Gasteiger partial charge in [0.05, 0.1) is 10.5 Å². The van der Waals surface area contributed by atoms with Crippen LogP contribution in [0.25, 0.3) is 0 Å². The van der Waals surface area contributed by atoms with Crippen LogP contribution in [0.3, 0.4) is 0 Å². The molecule has 0 atom stereocenters. The Morgan fingerprint density at radius 1 is 1.16 bits per heavy atom. The van der Waals surface area contributed by atoms with E-state index >= 15 is 0 Å². The lowest BCUT2D eigenvalue weighted by Crippen LogP contribution is -2.49. The second-order valence-corrected chi connectivity index (χ2v) is 8.00. The molecule has 1 amide bonds. The molecule has 25 heavy (non-hydrogen) atoms. The van der Waals surface area contributed by atoms with E-state index in [2.05, 4.69) is 6.58 Å². The minimum atomic E-state index is -3.67. The molecule has 0 N–H and O–H groups in total. The fraction of sp³-hybridized carbons (Fsp3) is 0.375. The summed E-state index contributed by atoms with van der Waals surface area (Å²) in [7, 11) is -3.67. The normalized spacial score (nSPS) is 15.7. The van der Waals surface area contributed by atoms with Crippen LogP contribution in [0, 0.1) is 0 Å². The maximum Gasteiger partial charge on any atom is 0.338 e. The third kappa shape index (κ3) is 4.81. The molecule has 0 saturated carbocycles. The molecule has 1 heterocycles. The third-order valence-corrected chi connectivity index (χ3v) is 5.79. The molecule has 0 spiro atoms. The summed E-state index contributed by atoms with van der Waals surface area (Å²) in [4.78, 5) is 24.8. The van der Waals surface area contributed by atoms with Crippen molar-refractivity contribution in [2.75, 3.05) is 32.8 Å². The van der Waals surface area contributed by atoms with E-state index < -0.39 is 16.0 Å². The number of piperazine rings is 1. The van der Waals surface area contributed by atoms with E-state index in [1.165, 1.54) is 35.5 Å². The maximum atomic E-state index is 12.6. The summed E-state index contributed by atoms with van der Waals surface area (Å²) in [6.07, 6.45) is 0. The number of hydrogen-bond acceptors (Lipinski definition) is 5. The van der Waals surface area contributed by atoms with Crippen LogP contribution in [0.4, 0.5) is 0 Å². The molecule has 136 valence electrons. The Hall–Kier alpha value is -1.90. The van der Waals surface area contributed by atoms with Gasteiger partial charge in [-0.1, -0.05) is 18.2 Å². The van der Waals surface area contributed by atoms with E-state index in [1.54, 1.807) is 4.90 Å². The Kier molecular flexibility index (Phi) is 6.21. The average molecular weight is 387 g/mol. The Morgan fingerprint density at radius 3 is 2.20 bits per heavy atom. The van der Waals surface area contributed by atoms with Crippen molar-refractivity contribution in [1.82, 2.24) is 9.21 Å². The molecule has 1 aromatic carbocycles. The van der Waals surface area contributed by atoms with E-state index in [9.17, 15) is 18.0 Å². The van der Waals surface area contributed by atoms with Crippen molar-refractivity contribution in [1.29, 1.82) is 0 Å². The van der Waals surface area contributed by atoms with Crippen molar-refractivity contribution in [3.63, 3.8) is 0 Å². The van der Waals surface area contributed by atoms with Gasteiger partial charge in [-0.15, -0.1) is 0 Å². The van der Waals surface area contributed by atoms with E-state index in [0.29, 0.717) is 13.1 Å². The van der Waals surface area contributed by atoms with Crippen LogP contribution in [0.1, 0.15) is 17.3 Å². The molecule has 1 saturated heterocycles. The van der Waals surface area contributed by atoms with Gasteiger partial charge in [-0.2, -0.15) is 4.31 Å². The van der Waals surface area contributed by atoms with Crippen molar-refractivity contribution in [3.05, 3.63) is 41.4 Å². The van der Waals surface area contributed by atoms with Crippen molar-refractivity contribution in [2.24, 2.45) is 0 Å². The number of carbonyl (C=O) groups is 2. The molecular weight excluding hydrogens is 368 g/mol. The Morgan fingerprint density at radius 2 is 1.72 bits per heavy atom. The van der Waals surface area contributed by atoms with Gasteiger partial charge in [0.25, 0.3) is 0 Å². The fourth-order valence-electron chi connectivity index (χ4n) is 2.38. The smallest absolute Gasteiger partial charge is 0.338 e. The summed E-state index contributed by atoms with van der Waals surface area (Å²) >= 11 is 5.53. The van der Waals surface area contributed by atoms with Crippen molar-refractivity contribution in [2.45, 2.75) is 11.8 Å². The number of hydrogen-bond donors (Lipinski definition) is 0. The number of esters is 1. The highest BCUT2D eigenvalue weighted by Gasteiger charge is 2.29. The number of halogens is 1. The first-order valence-corrected chi connectivity index (χ1v) is 9.40. The van der Waals surface area contributed by atoms with Crippen molar-refractivity contribution < 1.29 is 22.7 Å². The summed E-state index contributed by atoms with van der Waals surface area (Å²) in [5.74, 6) is -0.680. The molecule has 0 radical (unpaired) electrons. The third-order valence-electron chi connectivity index (χ3n) is 3.77. The summed E-state index contributed by atoms with van der Waals surface area (Å²) < 4.78 is 31.5. The number of amides is 1. The van der Waals surface area contributed by atoms with Gasteiger partial charge in [-0.05, 0) is 24.3 Å². The van der Waals surface area contributed by atoms with Crippen LogP contribution in [-0.2, 0) is 19.6 Å². The SMILES string of the molecule is C=C(Cl)COC(=O)c1ccc(S(=O)(=O)N2CCN(C(C)=O)CC2)cc1. The number of sulfonamides is 1. The molecule has 9 heteroatoms. The molecule has 1 aromatic rings. The van der Waals surface area contributed by atoms with E-state index in [4.69, 9.17) is 16.3 Å². The van der Waals surface area contributed by atoms with Crippen LogP contribution in [0.2, 0.25) is 0 Å². The quantitative estimate of drug-likeness (QED) is 0.715. The number of ether oxygens (including phenoxy) is 1. The Bertz CT molecular complexity index is 768. The van der Waals surface area contributed by atoms with Crippen molar-refractivity contribution in [3.8, 4) is 0 Å². The van der Waals surface area contributed by atoms with Crippen molar-refractivity contribution >= 4 is 33.5 Å². The Labute approximate surface area is 151 Å². The van der Waals surface area contributed by atoms with Crippen LogP contribution in [0.5, 0.6) is 0 Å². The summed E-state index contributed by atoms with van der Waals surface area (Å²) in [5.41, 5.74) is 0.221. The van der Waals surface area contributed by atoms with Gasteiger partial charge < -0.3 is 9.64 Å². The molecule has 0 aromatic heterocycles. The molecule has 0 unspecified atom stereocenters. The molecule has 1 aliphatic heterocycles. The van der Waals surface area contributed by atoms with E-state index in [1.807, 2.05) is 0 Å². The number of nitrogens with zero attached hydrogens (tertiary/aromatic N) is 2. The first-order chi connectivity index (χ1) is 11.7. The average Bonchev–Trinajstić information content (AvgIpc) is 2.59. The maximum absolute atomic E-state index is 12.6. The molecule has 0 aliphatic carbocycles. The highest BCUT2D eigenvalue weighted by molar-refractivity contribution is 7.89. The summed E-state index contributed by atoms with van der Waals surface area (Å²) in [5, 5.41) is 0.192. The predicted molar refractivity (Wildman–Crippen MR) is 92.7 cm³/mol. The zero-order valence-corrected chi connectivity index (χ0v) is 15.3. The van der Waals surface area contributed by atoms with Crippen LogP contribution < -0.4 is 0 Å². The molecule has 1 fully saturated rings. The summed E-state index contributed by atoms with van der Waals surface area (Å²) in [6, 6.07) is 5.49. The minimum Gasteiger partial charge on any atom is -0.456 e. The van der Waals surface area contributed by atoms with Gasteiger partial charge in [0.2, 0.25) is 15.9 Å². The largest absolute Gasteiger partial charge is 0.456 e. The van der Waals surface area contributed by atoms with Gasteiger partial charge in [0.1, 0.15) is 6.61 Å². The highest BCUT2D eigenvalue weighted by Crippen LogP contribution is 2.19. The standard InChI is InChI=1S/C16H19ClN2O5S/c1-12(17)11-24-16(21)14-3-5-15(6-4-14)25(22,23)19-9-7-18(8-10-19)13(2)20/h3-6H,1,7-11H2,2H3. The number of benzene rings is 1. The number of rotatable bonds is 5. The first-order valence-electron chi connectivity index (χ1n) is 7.58. The van der Waals surface area contributed by atoms with E-state index in [-0.39, 0.29) is 41.1 Å². The van der Waals surface area contributed by atoms with Gasteiger partial charge in [-0.25, -0.2) is 13.2 Å². The zero-order chi connectivity index (χ0) is 18.6. The second kappa shape index (κ2) is 7.99. The molecule has 2 rings (SSSR count). The molecule has 0 bridgehead atoms. The Balaban J connectivity index is 2.06. The predicted octanol–water partition coefficient (Wildman–Crippen LogP) is 1.45. The zero-order valence-electron chi connectivity index (χ0n) is 13.8. The first kappa shape index (κ1) is 19.4. The van der Waals surface area contributed by atoms with Gasteiger partial charge in [-0.3, -0.25) is 4.79 Å². The minimum absolute atomic E-state index is 0.0699. The lowest BCUT2D eigenvalue weighted by atomic mass is 10.2. The van der Waals surface area contributed by atoms with Crippen LogP contribution >= 0.6 is 11.6 Å². The second-order valence-electron chi connectivity index (χ2n) is 5.53. The van der Waals surface area contributed by atoms with Crippen LogP contribution in [0.15, 0.2) is 40.8 Å². The molecule has 7 nitrogen and oxygen atoms in total. The highest BCUT2D eigenvalue weighted by atomic mass is 35.5. The van der Waals surface area contributed by atoms with Gasteiger partial charge in [0, 0.05) is 38.1 Å². The summed E-state index contributed by atoms with van der Waals surface area (Å²) in [6.45, 7) is 5.97. The van der Waals surface area contributed by atoms with Gasteiger partial charge in [0.15, 0.2) is 0 Å². The van der Waals surface area contributed by atoms with Gasteiger partial charge >= 0.3 is 5.97 Å². The lowest BCUT2D eigenvalue weighted by molar-refractivity contribution is -0.129.